The predicted molar refractivity (Wildman–Crippen MR) is 85.2 cm³/mol. The van der Waals surface area contributed by atoms with Gasteiger partial charge in [-0.2, -0.15) is 0 Å². The van der Waals surface area contributed by atoms with Gasteiger partial charge in [0.25, 0.3) is 5.69 Å². The Balaban J connectivity index is 1.99. The number of allylic oxidation sites excluding steroid dienone is 1. The molecule has 5 heteroatoms. The van der Waals surface area contributed by atoms with Crippen LogP contribution in [-0.4, -0.2) is 10.7 Å². The average molecular weight is 314 g/mol. The Bertz CT molecular complexity index is 811. The monoisotopic (exact) mass is 313 g/mol. The number of carbonyl (C=O) groups is 1. The third kappa shape index (κ3) is 2.65. The van der Waals surface area contributed by atoms with Crippen LogP contribution in [0.15, 0.2) is 48.0 Å². The van der Waals surface area contributed by atoms with Crippen LogP contribution in [0.4, 0.5) is 5.69 Å². The van der Waals surface area contributed by atoms with Crippen LogP contribution in [0.5, 0.6) is 0 Å². The van der Waals surface area contributed by atoms with Gasteiger partial charge >= 0.3 is 0 Å². The number of benzene rings is 2. The number of hydrogen-bond donors (Lipinski definition) is 0. The number of Topliss-reactive ketones (excluding diaryl/α,β-unsaturated/α-hetero) is 1. The number of rotatable bonds is 2. The maximum atomic E-state index is 12.5. The highest BCUT2D eigenvalue weighted by Crippen LogP contribution is 2.29. The fraction of sp³-hybridized carbons (Fsp3) is 0.118. The molecule has 1 aliphatic rings. The number of ketones is 1. The second kappa shape index (κ2) is 5.73. The number of nitro groups is 1. The van der Waals surface area contributed by atoms with E-state index in [1.807, 2.05) is 24.3 Å². The smallest absolute Gasteiger partial charge is 0.288 e. The number of nitrogens with zero attached hydrogens (tertiary/aromatic N) is 1. The normalized spacial score (nSPS) is 15.7. The fourth-order valence-corrected chi connectivity index (χ4v) is 2.80. The van der Waals surface area contributed by atoms with Crippen LogP contribution in [0.3, 0.4) is 0 Å². The number of nitro benzene ring substituents is 1. The molecule has 0 saturated heterocycles. The summed E-state index contributed by atoms with van der Waals surface area (Å²) in [6, 6.07) is 12.1. The minimum atomic E-state index is -0.525. The van der Waals surface area contributed by atoms with Gasteiger partial charge in [0.2, 0.25) is 0 Å². The molecule has 0 atom stereocenters. The van der Waals surface area contributed by atoms with Gasteiger partial charge in [0, 0.05) is 17.2 Å². The highest BCUT2D eigenvalue weighted by atomic mass is 35.5. The molecule has 0 fully saturated rings. The van der Waals surface area contributed by atoms with Crippen molar-refractivity contribution >= 4 is 29.1 Å². The second-order valence-electron chi connectivity index (χ2n) is 5.12. The van der Waals surface area contributed by atoms with Gasteiger partial charge in [-0.25, -0.2) is 0 Å². The van der Waals surface area contributed by atoms with Crippen molar-refractivity contribution in [3.8, 4) is 0 Å². The summed E-state index contributed by atoms with van der Waals surface area (Å²) >= 11 is 5.80. The zero-order valence-electron chi connectivity index (χ0n) is 11.6. The van der Waals surface area contributed by atoms with E-state index in [1.54, 1.807) is 12.1 Å². The topological polar surface area (TPSA) is 60.2 Å². The first-order valence-corrected chi connectivity index (χ1v) is 7.21. The van der Waals surface area contributed by atoms with Gasteiger partial charge in [0.15, 0.2) is 5.78 Å². The molecule has 4 nitrogen and oxygen atoms in total. The van der Waals surface area contributed by atoms with E-state index in [1.165, 1.54) is 12.1 Å². The van der Waals surface area contributed by atoms with Crippen LogP contribution < -0.4 is 0 Å². The maximum absolute atomic E-state index is 12.5. The summed E-state index contributed by atoms with van der Waals surface area (Å²) in [4.78, 5) is 22.9. The van der Waals surface area contributed by atoms with Crippen molar-refractivity contribution in [2.75, 3.05) is 0 Å². The molecule has 2 aromatic rings. The van der Waals surface area contributed by atoms with Crippen LogP contribution in [0.25, 0.3) is 6.08 Å². The van der Waals surface area contributed by atoms with Crippen LogP contribution in [0.2, 0.25) is 5.02 Å². The fourth-order valence-electron chi connectivity index (χ4n) is 2.61. The Morgan fingerprint density at radius 1 is 1.14 bits per heavy atom. The van der Waals surface area contributed by atoms with Crippen molar-refractivity contribution in [1.82, 2.24) is 0 Å². The molecule has 22 heavy (non-hydrogen) atoms. The Morgan fingerprint density at radius 3 is 2.68 bits per heavy atom. The quantitative estimate of drug-likeness (QED) is 0.467. The Hall–Kier alpha value is -2.46. The standard InChI is InChI=1S/C17H12ClNO3/c18-15-8-5-11(10-16(15)19(21)22)9-13-7-6-12-3-1-2-4-14(12)17(13)20/h1-5,8-10H,6-7H2/b13-9-. The number of halogens is 1. The van der Waals surface area contributed by atoms with Crippen molar-refractivity contribution in [2.24, 2.45) is 0 Å². The van der Waals surface area contributed by atoms with Crippen LogP contribution in [0, 0.1) is 10.1 Å². The molecular weight excluding hydrogens is 302 g/mol. The molecule has 0 N–H and O–H groups in total. The third-order valence-corrected chi connectivity index (χ3v) is 4.04. The Kier molecular flexibility index (Phi) is 3.77. The van der Waals surface area contributed by atoms with E-state index in [-0.39, 0.29) is 16.5 Å². The summed E-state index contributed by atoms with van der Waals surface area (Å²) in [6.45, 7) is 0. The van der Waals surface area contributed by atoms with E-state index >= 15 is 0 Å². The predicted octanol–water partition coefficient (Wildman–Crippen LogP) is 4.46. The van der Waals surface area contributed by atoms with Crippen molar-refractivity contribution in [3.05, 3.63) is 79.9 Å². The molecule has 2 aromatic carbocycles. The Labute approximate surface area is 132 Å². The first-order valence-electron chi connectivity index (χ1n) is 6.83. The molecule has 110 valence electrons. The molecule has 0 spiro atoms. The number of carbonyl (C=O) groups excluding carboxylic acids is 1. The number of aryl methyl sites for hydroxylation is 1. The molecular formula is C17H12ClNO3. The highest BCUT2D eigenvalue weighted by molar-refractivity contribution is 6.32. The third-order valence-electron chi connectivity index (χ3n) is 3.73. The van der Waals surface area contributed by atoms with Gasteiger partial charge in [-0.1, -0.05) is 41.9 Å². The Morgan fingerprint density at radius 2 is 1.91 bits per heavy atom. The van der Waals surface area contributed by atoms with Crippen LogP contribution >= 0.6 is 11.6 Å². The van der Waals surface area contributed by atoms with Gasteiger partial charge in [0.1, 0.15) is 5.02 Å². The van der Waals surface area contributed by atoms with Gasteiger partial charge in [0.05, 0.1) is 4.92 Å². The lowest BCUT2D eigenvalue weighted by molar-refractivity contribution is -0.384. The molecule has 0 heterocycles. The van der Waals surface area contributed by atoms with Crippen molar-refractivity contribution in [1.29, 1.82) is 0 Å². The van der Waals surface area contributed by atoms with Gasteiger partial charge in [-0.3, -0.25) is 14.9 Å². The molecule has 0 unspecified atom stereocenters. The molecule has 0 aliphatic heterocycles. The lowest BCUT2D eigenvalue weighted by Crippen LogP contribution is -2.13. The van der Waals surface area contributed by atoms with Crippen molar-refractivity contribution < 1.29 is 9.72 Å². The molecule has 1 aliphatic carbocycles. The summed E-state index contributed by atoms with van der Waals surface area (Å²) in [5, 5.41) is 11.0. The van der Waals surface area contributed by atoms with E-state index in [0.717, 1.165) is 12.0 Å². The van der Waals surface area contributed by atoms with Crippen molar-refractivity contribution in [2.45, 2.75) is 12.8 Å². The highest BCUT2D eigenvalue weighted by Gasteiger charge is 2.21. The van der Waals surface area contributed by atoms with Crippen LogP contribution in [-0.2, 0) is 6.42 Å². The summed E-state index contributed by atoms with van der Waals surface area (Å²) in [7, 11) is 0. The van der Waals surface area contributed by atoms with Gasteiger partial charge in [-0.15, -0.1) is 0 Å². The number of hydrogen-bond acceptors (Lipinski definition) is 3. The van der Waals surface area contributed by atoms with E-state index < -0.39 is 4.92 Å². The van der Waals surface area contributed by atoms with Crippen molar-refractivity contribution in [3.63, 3.8) is 0 Å². The molecule has 0 bridgehead atoms. The van der Waals surface area contributed by atoms with E-state index in [4.69, 9.17) is 11.6 Å². The zero-order valence-corrected chi connectivity index (χ0v) is 12.3. The first-order chi connectivity index (χ1) is 10.6. The number of fused-ring (bicyclic) bond motifs is 1. The largest absolute Gasteiger partial charge is 0.289 e. The molecule has 0 aromatic heterocycles. The molecule has 0 amide bonds. The lowest BCUT2D eigenvalue weighted by atomic mass is 9.86. The van der Waals surface area contributed by atoms with E-state index in [0.29, 0.717) is 23.1 Å². The SMILES string of the molecule is O=C1/C(=C\c2ccc(Cl)c([N+](=O)[O-])c2)CCc2ccccc21. The average Bonchev–Trinajstić information content (AvgIpc) is 2.52. The lowest BCUT2D eigenvalue weighted by Gasteiger charge is -2.17. The van der Waals surface area contributed by atoms with E-state index in [9.17, 15) is 14.9 Å². The zero-order chi connectivity index (χ0) is 15.7. The minimum Gasteiger partial charge on any atom is -0.289 e. The second-order valence-corrected chi connectivity index (χ2v) is 5.53. The molecule has 0 saturated carbocycles. The van der Waals surface area contributed by atoms with Crippen LogP contribution in [0.1, 0.15) is 27.9 Å². The summed E-state index contributed by atoms with van der Waals surface area (Å²) in [5.74, 6) is -0.0144. The maximum Gasteiger partial charge on any atom is 0.288 e. The summed E-state index contributed by atoms with van der Waals surface area (Å²) in [5.41, 5.74) is 2.88. The summed E-state index contributed by atoms with van der Waals surface area (Å²) < 4.78 is 0. The van der Waals surface area contributed by atoms with Gasteiger partial charge in [-0.05, 0) is 36.1 Å². The first kappa shape index (κ1) is 14.5. The minimum absolute atomic E-state index is 0.0144. The molecule has 0 radical (unpaired) electrons. The van der Waals surface area contributed by atoms with Gasteiger partial charge < -0.3 is 0 Å². The summed E-state index contributed by atoms with van der Waals surface area (Å²) in [6.07, 6.45) is 3.14. The molecule has 3 rings (SSSR count). The van der Waals surface area contributed by atoms with E-state index in [2.05, 4.69) is 0 Å².